The maximum atomic E-state index is 9.61. The quantitative estimate of drug-likeness (QED) is 0.877. The fourth-order valence-electron chi connectivity index (χ4n) is 2.27. The summed E-state index contributed by atoms with van der Waals surface area (Å²) >= 11 is 3.44. The summed E-state index contributed by atoms with van der Waals surface area (Å²) in [6.07, 6.45) is 3.14. The van der Waals surface area contributed by atoms with E-state index in [9.17, 15) is 5.11 Å². The van der Waals surface area contributed by atoms with E-state index in [-0.39, 0.29) is 6.10 Å². The molecule has 1 N–H and O–H groups in total. The van der Waals surface area contributed by atoms with Gasteiger partial charge in [0.2, 0.25) is 0 Å². The van der Waals surface area contributed by atoms with Crippen LogP contribution in [0.1, 0.15) is 12.2 Å². The van der Waals surface area contributed by atoms with E-state index in [0.717, 1.165) is 29.0 Å². The zero-order valence-electron chi connectivity index (χ0n) is 9.31. The van der Waals surface area contributed by atoms with Gasteiger partial charge in [0.15, 0.2) is 0 Å². The molecule has 3 nitrogen and oxygen atoms in total. The van der Waals surface area contributed by atoms with Crippen LogP contribution in [0.2, 0.25) is 0 Å². The molecule has 0 radical (unpaired) electrons. The number of hydrogen-bond donors (Lipinski definition) is 1. The lowest BCUT2D eigenvalue weighted by Crippen LogP contribution is -2.23. The van der Waals surface area contributed by atoms with Crippen molar-refractivity contribution in [3.8, 4) is 11.3 Å². The Morgan fingerprint density at radius 3 is 2.82 bits per heavy atom. The molecule has 4 heteroatoms. The summed E-state index contributed by atoms with van der Waals surface area (Å²) in [7, 11) is 0. The van der Waals surface area contributed by atoms with Gasteiger partial charge in [-0.3, -0.25) is 0 Å². The van der Waals surface area contributed by atoms with Crippen molar-refractivity contribution in [3.63, 3.8) is 0 Å². The SMILES string of the molecule is OC1CCn2c(-c3ccc(Br)cc3)cnc2C1. The van der Waals surface area contributed by atoms with Gasteiger partial charge in [0.25, 0.3) is 0 Å². The number of rotatable bonds is 1. The Kier molecular flexibility index (Phi) is 2.76. The largest absolute Gasteiger partial charge is 0.393 e. The Morgan fingerprint density at radius 2 is 2.06 bits per heavy atom. The summed E-state index contributed by atoms with van der Waals surface area (Å²) in [5, 5.41) is 9.61. The number of benzene rings is 1. The Labute approximate surface area is 108 Å². The number of fused-ring (bicyclic) bond motifs is 1. The molecule has 17 heavy (non-hydrogen) atoms. The predicted octanol–water partition coefficient (Wildman–Crippen LogP) is 2.62. The van der Waals surface area contributed by atoms with Gasteiger partial charge in [0.05, 0.1) is 18.0 Å². The van der Waals surface area contributed by atoms with Gasteiger partial charge in [-0.2, -0.15) is 0 Å². The molecule has 1 aromatic carbocycles. The highest BCUT2D eigenvalue weighted by Crippen LogP contribution is 2.26. The molecule has 1 aliphatic heterocycles. The van der Waals surface area contributed by atoms with Crippen molar-refractivity contribution in [1.29, 1.82) is 0 Å². The first-order chi connectivity index (χ1) is 8.24. The van der Waals surface area contributed by atoms with Crippen molar-refractivity contribution in [2.45, 2.75) is 25.5 Å². The van der Waals surface area contributed by atoms with Crippen LogP contribution in [0.5, 0.6) is 0 Å². The topological polar surface area (TPSA) is 38.0 Å². The van der Waals surface area contributed by atoms with Gasteiger partial charge in [-0.15, -0.1) is 0 Å². The first-order valence-corrected chi connectivity index (χ1v) is 6.52. The molecule has 88 valence electrons. The zero-order chi connectivity index (χ0) is 11.8. The molecule has 1 aliphatic rings. The number of halogens is 1. The van der Waals surface area contributed by atoms with E-state index in [0.29, 0.717) is 6.42 Å². The fourth-order valence-corrected chi connectivity index (χ4v) is 2.53. The highest BCUT2D eigenvalue weighted by Gasteiger charge is 2.20. The van der Waals surface area contributed by atoms with Crippen LogP contribution in [0.3, 0.4) is 0 Å². The number of aliphatic hydroxyl groups is 1. The molecule has 1 aromatic heterocycles. The summed E-state index contributed by atoms with van der Waals surface area (Å²) < 4.78 is 3.28. The summed E-state index contributed by atoms with van der Waals surface area (Å²) in [6.45, 7) is 0.849. The van der Waals surface area contributed by atoms with Gasteiger partial charge in [-0.05, 0) is 24.1 Å². The Balaban J connectivity index is 2.02. The summed E-state index contributed by atoms with van der Waals surface area (Å²) in [6, 6.07) is 8.23. The molecule has 0 spiro atoms. The normalized spacial score (nSPS) is 19.1. The number of imidazole rings is 1. The minimum absolute atomic E-state index is 0.234. The van der Waals surface area contributed by atoms with Crippen molar-refractivity contribution in [1.82, 2.24) is 9.55 Å². The van der Waals surface area contributed by atoms with E-state index < -0.39 is 0 Å². The molecule has 0 saturated carbocycles. The molecule has 1 atom stereocenters. The number of aliphatic hydroxyl groups excluding tert-OH is 1. The molecular formula is C13H13BrN2O. The van der Waals surface area contributed by atoms with E-state index in [2.05, 4.69) is 37.6 Å². The van der Waals surface area contributed by atoms with Gasteiger partial charge in [0.1, 0.15) is 5.82 Å². The molecule has 2 heterocycles. The number of nitrogens with zero attached hydrogens (tertiary/aromatic N) is 2. The van der Waals surface area contributed by atoms with Gasteiger partial charge in [0, 0.05) is 17.4 Å². The molecule has 0 aliphatic carbocycles. The van der Waals surface area contributed by atoms with Crippen LogP contribution in [0, 0.1) is 0 Å². The fraction of sp³-hybridized carbons (Fsp3) is 0.308. The van der Waals surface area contributed by atoms with Crippen molar-refractivity contribution in [2.24, 2.45) is 0 Å². The Morgan fingerprint density at radius 1 is 1.29 bits per heavy atom. The molecular weight excluding hydrogens is 280 g/mol. The van der Waals surface area contributed by atoms with Crippen molar-refractivity contribution in [3.05, 3.63) is 40.8 Å². The van der Waals surface area contributed by atoms with Crippen LogP contribution in [-0.2, 0) is 13.0 Å². The van der Waals surface area contributed by atoms with Crippen LogP contribution >= 0.6 is 15.9 Å². The molecule has 0 amide bonds. The average Bonchev–Trinajstić information content (AvgIpc) is 2.73. The van der Waals surface area contributed by atoms with Crippen LogP contribution in [-0.4, -0.2) is 20.8 Å². The van der Waals surface area contributed by atoms with Crippen molar-refractivity contribution >= 4 is 15.9 Å². The number of hydrogen-bond acceptors (Lipinski definition) is 2. The van der Waals surface area contributed by atoms with Crippen LogP contribution in [0.15, 0.2) is 34.9 Å². The monoisotopic (exact) mass is 292 g/mol. The molecule has 1 unspecified atom stereocenters. The summed E-state index contributed by atoms with van der Waals surface area (Å²) in [4.78, 5) is 4.40. The summed E-state index contributed by atoms with van der Waals surface area (Å²) in [5.41, 5.74) is 2.31. The van der Waals surface area contributed by atoms with E-state index in [1.165, 1.54) is 5.56 Å². The lowest BCUT2D eigenvalue weighted by molar-refractivity contribution is 0.142. The van der Waals surface area contributed by atoms with Crippen LogP contribution in [0.4, 0.5) is 0 Å². The minimum Gasteiger partial charge on any atom is -0.393 e. The van der Waals surface area contributed by atoms with Crippen molar-refractivity contribution in [2.75, 3.05) is 0 Å². The van der Waals surface area contributed by atoms with Crippen LogP contribution < -0.4 is 0 Å². The molecule has 2 aromatic rings. The molecule has 0 saturated heterocycles. The summed E-state index contributed by atoms with van der Waals surface area (Å²) in [5.74, 6) is 0.988. The van der Waals surface area contributed by atoms with E-state index in [1.54, 1.807) is 0 Å². The zero-order valence-corrected chi connectivity index (χ0v) is 10.9. The average molecular weight is 293 g/mol. The maximum absolute atomic E-state index is 9.61. The third kappa shape index (κ3) is 2.03. The smallest absolute Gasteiger partial charge is 0.111 e. The first-order valence-electron chi connectivity index (χ1n) is 5.72. The lowest BCUT2D eigenvalue weighted by atomic mass is 10.1. The second kappa shape index (κ2) is 4.27. The molecule has 3 rings (SSSR count). The highest BCUT2D eigenvalue weighted by molar-refractivity contribution is 9.10. The third-order valence-electron chi connectivity index (χ3n) is 3.18. The van der Waals surface area contributed by atoms with Gasteiger partial charge < -0.3 is 9.67 Å². The predicted molar refractivity (Wildman–Crippen MR) is 69.7 cm³/mol. The van der Waals surface area contributed by atoms with E-state index in [1.807, 2.05) is 18.3 Å². The second-order valence-electron chi connectivity index (χ2n) is 4.36. The highest BCUT2D eigenvalue weighted by atomic mass is 79.9. The van der Waals surface area contributed by atoms with E-state index >= 15 is 0 Å². The van der Waals surface area contributed by atoms with Gasteiger partial charge >= 0.3 is 0 Å². The maximum Gasteiger partial charge on any atom is 0.111 e. The van der Waals surface area contributed by atoms with Crippen LogP contribution in [0.25, 0.3) is 11.3 Å². The van der Waals surface area contributed by atoms with Gasteiger partial charge in [-0.1, -0.05) is 28.1 Å². The molecule has 0 fully saturated rings. The lowest BCUT2D eigenvalue weighted by Gasteiger charge is -2.20. The molecule has 0 bridgehead atoms. The standard InChI is InChI=1S/C13H13BrN2O/c14-10-3-1-9(2-4-10)12-8-15-13-7-11(17)5-6-16(12)13/h1-4,8,11,17H,5-7H2. The Bertz CT molecular complexity index is 533. The minimum atomic E-state index is -0.234. The third-order valence-corrected chi connectivity index (χ3v) is 3.71. The number of aromatic nitrogens is 2. The Hall–Kier alpha value is -1.13. The van der Waals surface area contributed by atoms with Gasteiger partial charge in [-0.25, -0.2) is 4.98 Å². The van der Waals surface area contributed by atoms with Crippen molar-refractivity contribution < 1.29 is 5.11 Å². The van der Waals surface area contributed by atoms with E-state index in [4.69, 9.17) is 0 Å². The second-order valence-corrected chi connectivity index (χ2v) is 5.28. The first kappa shape index (κ1) is 11.0.